The molecule has 0 radical (unpaired) electrons. The minimum atomic E-state index is 0.306. The second kappa shape index (κ2) is 6.39. The van der Waals surface area contributed by atoms with Gasteiger partial charge in [-0.15, -0.1) is 0 Å². The van der Waals surface area contributed by atoms with Crippen molar-refractivity contribution >= 4 is 0 Å². The molecule has 0 aromatic carbocycles. The summed E-state index contributed by atoms with van der Waals surface area (Å²) in [6.07, 6.45) is 9.12. The Balaban J connectivity index is 2.17. The molecule has 0 amide bonds. The smallest absolute Gasteiger partial charge is 0.0445 e. The second-order valence-electron chi connectivity index (χ2n) is 4.27. The van der Waals surface area contributed by atoms with E-state index in [4.69, 9.17) is 5.11 Å². The number of aliphatic hydroxyl groups is 1. The third-order valence-electron chi connectivity index (χ3n) is 2.94. The molecule has 0 unspecified atom stereocenters. The molecule has 78 valence electrons. The molecule has 13 heavy (non-hydrogen) atoms. The van der Waals surface area contributed by atoms with E-state index in [9.17, 15) is 0 Å². The lowest BCUT2D eigenvalue weighted by Gasteiger charge is -2.21. The van der Waals surface area contributed by atoms with E-state index in [1.54, 1.807) is 0 Å². The van der Waals surface area contributed by atoms with Crippen LogP contribution in [0.2, 0.25) is 0 Å². The lowest BCUT2D eigenvalue weighted by atomic mass is 10.1. The van der Waals surface area contributed by atoms with E-state index in [1.807, 2.05) is 0 Å². The number of hydrogen-bond acceptors (Lipinski definition) is 2. The number of hydrogen-bond donors (Lipinski definition) is 2. The molecule has 0 aromatic rings. The first-order valence-corrected chi connectivity index (χ1v) is 5.70. The topological polar surface area (TPSA) is 32.3 Å². The van der Waals surface area contributed by atoms with Crippen molar-refractivity contribution in [2.24, 2.45) is 0 Å². The third kappa shape index (κ3) is 4.63. The normalized spacial score (nSPS) is 22.6. The summed E-state index contributed by atoms with van der Waals surface area (Å²) >= 11 is 0. The lowest BCUT2D eigenvalue weighted by Crippen LogP contribution is -2.36. The zero-order valence-electron chi connectivity index (χ0n) is 8.76. The summed E-state index contributed by atoms with van der Waals surface area (Å²) < 4.78 is 0. The van der Waals surface area contributed by atoms with Crippen molar-refractivity contribution in [3.63, 3.8) is 0 Å². The molecule has 0 saturated heterocycles. The third-order valence-corrected chi connectivity index (χ3v) is 2.94. The van der Waals surface area contributed by atoms with E-state index >= 15 is 0 Å². The Kier molecular flexibility index (Phi) is 5.40. The van der Waals surface area contributed by atoms with Gasteiger partial charge in [0.05, 0.1) is 0 Å². The Hall–Kier alpha value is -0.0800. The average molecular weight is 185 g/mol. The number of rotatable bonds is 4. The van der Waals surface area contributed by atoms with Crippen LogP contribution in [0, 0.1) is 0 Å². The molecule has 0 aromatic heterocycles. The molecule has 1 atom stereocenters. The van der Waals surface area contributed by atoms with Gasteiger partial charge in [0.2, 0.25) is 0 Å². The average Bonchev–Trinajstić information content (AvgIpc) is 2.33. The predicted molar refractivity (Wildman–Crippen MR) is 55.8 cm³/mol. The van der Waals surface area contributed by atoms with Crippen molar-refractivity contribution in [1.29, 1.82) is 0 Å². The molecule has 1 saturated carbocycles. The molecule has 2 heteroatoms. The minimum Gasteiger partial charge on any atom is -0.396 e. The zero-order chi connectivity index (χ0) is 9.52. The van der Waals surface area contributed by atoms with Crippen LogP contribution in [0.3, 0.4) is 0 Å². The highest BCUT2D eigenvalue weighted by molar-refractivity contribution is 4.73. The van der Waals surface area contributed by atoms with Gasteiger partial charge in [-0.1, -0.05) is 25.7 Å². The van der Waals surface area contributed by atoms with Crippen LogP contribution in [0.5, 0.6) is 0 Å². The van der Waals surface area contributed by atoms with Gasteiger partial charge >= 0.3 is 0 Å². The largest absolute Gasteiger partial charge is 0.396 e. The van der Waals surface area contributed by atoms with E-state index in [1.165, 1.54) is 38.5 Å². The monoisotopic (exact) mass is 185 g/mol. The van der Waals surface area contributed by atoms with Gasteiger partial charge in [-0.3, -0.25) is 0 Å². The molecule has 1 aliphatic carbocycles. The van der Waals surface area contributed by atoms with E-state index < -0.39 is 0 Å². The summed E-state index contributed by atoms with van der Waals surface area (Å²) in [6.45, 7) is 2.47. The molecule has 0 heterocycles. The highest BCUT2D eigenvalue weighted by Crippen LogP contribution is 2.17. The van der Waals surface area contributed by atoms with Crippen LogP contribution in [-0.4, -0.2) is 23.8 Å². The number of nitrogens with one attached hydrogen (secondary N) is 1. The quantitative estimate of drug-likeness (QED) is 0.657. The van der Waals surface area contributed by atoms with Crippen LogP contribution >= 0.6 is 0 Å². The van der Waals surface area contributed by atoms with E-state index in [2.05, 4.69) is 12.2 Å². The maximum atomic E-state index is 8.78. The van der Waals surface area contributed by atoms with Gasteiger partial charge in [0.15, 0.2) is 0 Å². The highest BCUT2D eigenvalue weighted by atomic mass is 16.3. The zero-order valence-corrected chi connectivity index (χ0v) is 8.76. The van der Waals surface area contributed by atoms with Gasteiger partial charge in [-0.2, -0.15) is 0 Å². The van der Waals surface area contributed by atoms with Crippen LogP contribution in [0.1, 0.15) is 51.9 Å². The van der Waals surface area contributed by atoms with Crippen molar-refractivity contribution in [3.05, 3.63) is 0 Å². The maximum Gasteiger partial charge on any atom is 0.0445 e. The summed E-state index contributed by atoms with van der Waals surface area (Å²) in [4.78, 5) is 0. The van der Waals surface area contributed by atoms with E-state index in [0.29, 0.717) is 18.7 Å². The summed E-state index contributed by atoms with van der Waals surface area (Å²) in [5, 5.41) is 12.4. The Morgan fingerprint density at radius 3 is 2.38 bits per heavy atom. The van der Waals surface area contributed by atoms with Crippen LogP contribution < -0.4 is 5.32 Å². The van der Waals surface area contributed by atoms with Gasteiger partial charge in [0.25, 0.3) is 0 Å². The fourth-order valence-electron chi connectivity index (χ4n) is 2.13. The van der Waals surface area contributed by atoms with E-state index in [-0.39, 0.29) is 0 Å². The number of aliphatic hydroxyl groups excluding tert-OH is 1. The van der Waals surface area contributed by atoms with E-state index in [0.717, 1.165) is 6.42 Å². The molecular weight excluding hydrogens is 162 g/mol. The first-order chi connectivity index (χ1) is 6.33. The standard InChI is InChI=1S/C11H23NO/c1-10(8-9-13)12-11-6-4-2-3-5-7-11/h10-13H,2-9H2,1H3/t10-/m1/s1. The molecule has 0 spiro atoms. The van der Waals surface area contributed by atoms with Crippen LogP contribution in [0.4, 0.5) is 0 Å². The van der Waals surface area contributed by atoms with Crippen LogP contribution in [0.25, 0.3) is 0 Å². The Labute approximate surface area is 81.7 Å². The first-order valence-electron chi connectivity index (χ1n) is 5.70. The SMILES string of the molecule is C[C@H](CCO)NC1CCCCCC1. The summed E-state index contributed by atoms with van der Waals surface area (Å²) in [5.41, 5.74) is 0. The summed E-state index contributed by atoms with van der Waals surface area (Å²) in [6, 6.07) is 1.19. The highest BCUT2D eigenvalue weighted by Gasteiger charge is 2.13. The molecule has 0 bridgehead atoms. The lowest BCUT2D eigenvalue weighted by molar-refractivity contribution is 0.260. The van der Waals surface area contributed by atoms with Gasteiger partial charge in [-0.25, -0.2) is 0 Å². The molecule has 1 rings (SSSR count). The van der Waals surface area contributed by atoms with Crippen molar-refractivity contribution < 1.29 is 5.11 Å². The Morgan fingerprint density at radius 1 is 1.23 bits per heavy atom. The second-order valence-corrected chi connectivity index (χ2v) is 4.27. The molecule has 2 N–H and O–H groups in total. The molecular formula is C11H23NO. The molecule has 2 nitrogen and oxygen atoms in total. The molecule has 1 aliphatic rings. The first kappa shape index (κ1) is 11.0. The van der Waals surface area contributed by atoms with Gasteiger partial charge in [0, 0.05) is 18.7 Å². The minimum absolute atomic E-state index is 0.306. The fourth-order valence-corrected chi connectivity index (χ4v) is 2.13. The van der Waals surface area contributed by atoms with Crippen molar-refractivity contribution in [3.8, 4) is 0 Å². The maximum absolute atomic E-state index is 8.78. The van der Waals surface area contributed by atoms with Gasteiger partial charge < -0.3 is 10.4 Å². The summed E-state index contributed by atoms with van der Waals surface area (Å²) in [5.74, 6) is 0. The van der Waals surface area contributed by atoms with Gasteiger partial charge in [-0.05, 0) is 26.2 Å². The van der Waals surface area contributed by atoms with Crippen LogP contribution in [-0.2, 0) is 0 Å². The Morgan fingerprint density at radius 2 is 1.85 bits per heavy atom. The summed E-state index contributed by atoms with van der Waals surface area (Å²) in [7, 11) is 0. The predicted octanol–water partition coefficient (Wildman–Crippen LogP) is 2.07. The fraction of sp³-hybridized carbons (Fsp3) is 1.00. The Bertz CT molecular complexity index is 119. The molecule has 0 aliphatic heterocycles. The van der Waals surface area contributed by atoms with Crippen molar-refractivity contribution in [2.75, 3.05) is 6.61 Å². The van der Waals surface area contributed by atoms with Crippen molar-refractivity contribution in [1.82, 2.24) is 5.32 Å². The van der Waals surface area contributed by atoms with Crippen molar-refractivity contribution in [2.45, 2.75) is 64.0 Å². The van der Waals surface area contributed by atoms with Gasteiger partial charge in [0.1, 0.15) is 0 Å². The molecule has 1 fully saturated rings. The van der Waals surface area contributed by atoms with Crippen LogP contribution in [0.15, 0.2) is 0 Å².